The molecule has 2 aromatic carbocycles. The maximum atomic E-state index is 3.80. The minimum Gasteiger partial charge on any atom is -0.386 e. The van der Waals surface area contributed by atoms with Crippen molar-refractivity contribution in [2.45, 2.75) is 13.8 Å². The topological polar surface area (TPSA) is 24.1 Å². The van der Waals surface area contributed by atoms with Crippen molar-refractivity contribution in [3.63, 3.8) is 0 Å². The number of hydrogen-bond donors (Lipinski definition) is 2. The molecular formula is C22H26N2. The van der Waals surface area contributed by atoms with Crippen molar-refractivity contribution < 1.29 is 0 Å². The molecule has 0 aromatic heterocycles. The van der Waals surface area contributed by atoms with Gasteiger partial charge in [0.15, 0.2) is 0 Å². The fourth-order valence-electron chi connectivity index (χ4n) is 2.77. The number of rotatable bonds is 6. The molecule has 0 heterocycles. The molecule has 0 saturated heterocycles. The fourth-order valence-corrected chi connectivity index (χ4v) is 2.77. The Morgan fingerprint density at radius 2 is 1.71 bits per heavy atom. The van der Waals surface area contributed by atoms with Crippen LogP contribution in [0.2, 0.25) is 0 Å². The van der Waals surface area contributed by atoms with E-state index in [0.717, 1.165) is 11.4 Å². The number of benzene rings is 2. The standard InChI is InChI=1S/C22H26N2/c1-6-7-11-20(17(3)18-10-8-9-16(2)14-18)19-12-13-21(23-4)22(15-19)24-5/h6-15,23-24H,1H2,2-5H3/b11-7-,20-17-. The molecule has 2 nitrogen and oxygen atoms in total. The van der Waals surface area contributed by atoms with Gasteiger partial charge in [0, 0.05) is 14.1 Å². The summed E-state index contributed by atoms with van der Waals surface area (Å²) in [7, 11) is 3.87. The Labute approximate surface area is 145 Å². The van der Waals surface area contributed by atoms with Gasteiger partial charge in [0.25, 0.3) is 0 Å². The Balaban J connectivity index is 2.62. The van der Waals surface area contributed by atoms with Gasteiger partial charge in [-0.05, 0) is 48.3 Å². The van der Waals surface area contributed by atoms with E-state index in [1.165, 1.54) is 27.8 Å². The minimum atomic E-state index is 1.08. The Bertz CT molecular complexity index is 782. The SMILES string of the molecule is C=C/C=C\C(=C(/C)c1cccc(C)c1)c1ccc(NC)c(NC)c1. The first-order chi connectivity index (χ1) is 11.6. The van der Waals surface area contributed by atoms with Gasteiger partial charge in [-0.2, -0.15) is 0 Å². The van der Waals surface area contributed by atoms with Crippen molar-refractivity contribution in [3.05, 3.63) is 84.0 Å². The Morgan fingerprint density at radius 1 is 0.958 bits per heavy atom. The quantitative estimate of drug-likeness (QED) is 0.523. The van der Waals surface area contributed by atoms with Crippen LogP contribution in [-0.2, 0) is 0 Å². The molecule has 2 heteroatoms. The van der Waals surface area contributed by atoms with Crippen molar-refractivity contribution in [2.75, 3.05) is 24.7 Å². The van der Waals surface area contributed by atoms with Gasteiger partial charge in [0.05, 0.1) is 11.4 Å². The number of aryl methyl sites for hydroxylation is 1. The monoisotopic (exact) mass is 318 g/mol. The highest BCUT2D eigenvalue weighted by atomic mass is 14.9. The first-order valence-electron chi connectivity index (χ1n) is 8.17. The molecule has 0 saturated carbocycles. The highest BCUT2D eigenvalue weighted by molar-refractivity contribution is 5.96. The third-order valence-corrected chi connectivity index (χ3v) is 4.12. The van der Waals surface area contributed by atoms with Crippen LogP contribution in [0.3, 0.4) is 0 Å². The summed E-state index contributed by atoms with van der Waals surface area (Å²) in [4.78, 5) is 0. The fraction of sp³-hybridized carbons (Fsp3) is 0.182. The summed E-state index contributed by atoms with van der Waals surface area (Å²) in [6, 6.07) is 15.0. The number of allylic oxidation sites excluding steroid dienone is 5. The number of anilines is 2. The van der Waals surface area contributed by atoms with Crippen LogP contribution < -0.4 is 10.6 Å². The number of hydrogen-bond acceptors (Lipinski definition) is 2. The molecule has 24 heavy (non-hydrogen) atoms. The Morgan fingerprint density at radius 3 is 2.33 bits per heavy atom. The van der Waals surface area contributed by atoms with Gasteiger partial charge in [-0.3, -0.25) is 0 Å². The second kappa shape index (κ2) is 8.21. The molecule has 0 radical (unpaired) electrons. The van der Waals surface area contributed by atoms with Gasteiger partial charge in [-0.25, -0.2) is 0 Å². The largest absolute Gasteiger partial charge is 0.386 e. The Hall–Kier alpha value is -2.74. The molecule has 2 N–H and O–H groups in total. The highest BCUT2D eigenvalue weighted by Gasteiger charge is 2.08. The minimum absolute atomic E-state index is 1.08. The van der Waals surface area contributed by atoms with Crippen molar-refractivity contribution in [1.29, 1.82) is 0 Å². The lowest BCUT2D eigenvalue weighted by atomic mass is 9.94. The van der Waals surface area contributed by atoms with E-state index in [1.54, 1.807) is 0 Å². The molecule has 0 aliphatic heterocycles. The van der Waals surface area contributed by atoms with E-state index in [-0.39, 0.29) is 0 Å². The lowest BCUT2D eigenvalue weighted by molar-refractivity contribution is 1.42. The van der Waals surface area contributed by atoms with E-state index in [9.17, 15) is 0 Å². The van der Waals surface area contributed by atoms with E-state index in [1.807, 2.05) is 26.2 Å². The smallest absolute Gasteiger partial charge is 0.0579 e. The first kappa shape index (κ1) is 17.6. The normalized spacial score (nSPS) is 12.0. The lowest BCUT2D eigenvalue weighted by Crippen LogP contribution is -1.98. The first-order valence-corrected chi connectivity index (χ1v) is 8.17. The van der Waals surface area contributed by atoms with Crippen LogP contribution in [0.1, 0.15) is 23.6 Å². The van der Waals surface area contributed by atoms with E-state index in [4.69, 9.17) is 0 Å². The molecule has 0 bridgehead atoms. The second-order valence-corrected chi connectivity index (χ2v) is 5.76. The van der Waals surface area contributed by atoms with E-state index < -0.39 is 0 Å². The van der Waals surface area contributed by atoms with Gasteiger partial charge in [0.1, 0.15) is 0 Å². The average Bonchev–Trinajstić information content (AvgIpc) is 2.61. The molecule has 0 atom stereocenters. The van der Waals surface area contributed by atoms with Crippen molar-refractivity contribution in [3.8, 4) is 0 Å². The molecule has 0 aliphatic rings. The van der Waals surface area contributed by atoms with Crippen molar-refractivity contribution in [1.82, 2.24) is 0 Å². The maximum absolute atomic E-state index is 3.80. The second-order valence-electron chi connectivity index (χ2n) is 5.76. The van der Waals surface area contributed by atoms with Gasteiger partial charge >= 0.3 is 0 Å². The van der Waals surface area contributed by atoms with Crippen LogP contribution in [0, 0.1) is 6.92 Å². The van der Waals surface area contributed by atoms with Gasteiger partial charge in [-0.1, -0.05) is 60.7 Å². The molecule has 2 aromatic rings. The van der Waals surface area contributed by atoms with Gasteiger partial charge in [0.2, 0.25) is 0 Å². The van der Waals surface area contributed by atoms with Crippen molar-refractivity contribution in [2.24, 2.45) is 0 Å². The summed E-state index contributed by atoms with van der Waals surface area (Å²) in [5.74, 6) is 0. The summed E-state index contributed by atoms with van der Waals surface area (Å²) >= 11 is 0. The van der Waals surface area contributed by atoms with Crippen molar-refractivity contribution >= 4 is 22.5 Å². The molecule has 0 aliphatic carbocycles. The van der Waals surface area contributed by atoms with Crippen LogP contribution in [0.5, 0.6) is 0 Å². The Kier molecular flexibility index (Phi) is 6.02. The molecule has 0 amide bonds. The molecule has 0 fully saturated rings. The molecule has 0 unspecified atom stereocenters. The highest BCUT2D eigenvalue weighted by Crippen LogP contribution is 2.32. The zero-order valence-corrected chi connectivity index (χ0v) is 15.0. The summed E-state index contributed by atoms with van der Waals surface area (Å²) in [5.41, 5.74) is 8.28. The predicted molar refractivity (Wildman–Crippen MR) is 109 cm³/mol. The number of nitrogens with one attached hydrogen (secondary N) is 2. The van der Waals surface area contributed by atoms with Crippen LogP contribution >= 0.6 is 0 Å². The summed E-state index contributed by atoms with van der Waals surface area (Å²) in [5, 5.41) is 6.47. The van der Waals surface area contributed by atoms with Crippen LogP contribution in [-0.4, -0.2) is 14.1 Å². The molecular weight excluding hydrogens is 292 g/mol. The molecule has 0 spiro atoms. The predicted octanol–water partition coefficient (Wildman–Crippen LogP) is 5.75. The summed E-state index contributed by atoms with van der Waals surface area (Å²) in [6.45, 7) is 8.09. The zero-order chi connectivity index (χ0) is 17.5. The third kappa shape index (κ3) is 3.96. The lowest BCUT2D eigenvalue weighted by Gasteiger charge is -2.14. The van der Waals surface area contributed by atoms with Gasteiger partial charge in [-0.15, -0.1) is 0 Å². The van der Waals surface area contributed by atoms with E-state index in [0.29, 0.717) is 0 Å². The molecule has 2 rings (SSSR count). The van der Waals surface area contributed by atoms with Crippen LogP contribution in [0.4, 0.5) is 11.4 Å². The average molecular weight is 318 g/mol. The van der Waals surface area contributed by atoms with E-state index in [2.05, 4.69) is 79.6 Å². The van der Waals surface area contributed by atoms with Crippen LogP contribution in [0.25, 0.3) is 11.1 Å². The summed E-state index contributed by atoms with van der Waals surface area (Å²) in [6.07, 6.45) is 5.92. The van der Waals surface area contributed by atoms with E-state index >= 15 is 0 Å². The molecule has 124 valence electrons. The maximum Gasteiger partial charge on any atom is 0.0579 e. The van der Waals surface area contributed by atoms with Crippen LogP contribution in [0.15, 0.2) is 67.3 Å². The third-order valence-electron chi connectivity index (χ3n) is 4.12. The van der Waals surface area contributed by atoms with Gasteiger partial charge < -0.3 is 10.6 Å². The zero-order valence-electron chi connectivity index (χ0n) is 15.0. The summed E-state index contributed by atoms with van der Waals surface area (Å²) < 4.78 is 0.